The molecule has 0 spiro atoms. The molecule has 55 heavy (non-hydrogen) atoms. The van der Waals surface area contributed by atoms with Crippen LogP contribution in [0, 0.1) is 23.7 Å². The van der Waals surface area contributed by atoms with Crippen molar-refractivity contribution in [1.82, 2.24) is 9.99 Å². The fourth-order valence-corrected chi connectivity index (χ4v) is 9.33. The van der Waals surface area contributed by atoms with Crippen molar-refractivity contribution in [2.24, 2.45) is 23.7 Å². The lowest BCUT2D eigenvalue weighted by Crippen LogP contribution is -2.53. The number of alkyl halides is 3. The zero-order valence-corrected chi connectivity index (χ0v) is 30.7. The van der Waals surface area contributed by atoms with Crippen molar-refractivity contribution in [3.8, 4) is 11.5 Å². The van der Waals surface area contributed by atoms with Gasteiger partial charge in [-0.1, -0.05) is 64.7 Å². The molecule has 3 aromatic carbocycles. The average Bonchev–Trinajstić information content (AvgIpc) is 3.53. The van der Waals surface area contributed by atoms with Crippen molar-refractivity contribution in [1.29, 1.82) is 0 Å². The molecule has 16 heteroatoms. The number of benzene rings is 3. The smallest absolute Gasteiger partial charge is 0.417 e. The Bertz CT molecular complexity index is 2320. The first-order valence-corrected chi connectivity index (χ1v) is 18.1. The molecular formula is C39H28Cl3F3N4O6. The SMILES string of the molecule is COc1ccc([C@H]2C3=CC[C@@H]4C(=O)N(c5ccc(Cl)cc5)C(=O)[C@@H]4[C@@H]3C[C@H]3C(=O)N(Nc4ncc(C(F)(F)F)cc4Cl)C(=O)[C@@]23c2ccc(Cl)cc2)c(O)c1. The van der Waals surface area contributed by atoms with Gasteiger partial charge in [-0.05, 0) is 72.9 Å². The standard InChI is InChI=1S/C39H28Cl3F3N4O6/c1-55-23-10-11-25(30(50)15-23)32-24-12-13-26-31(36(53)48(34(26)51)22-8-6-21(41)7-9-22)27(24)16-28-35(52)49(37(54)38(28,32)18-2-4-20(40)5-3-18)47-33-29(42)14-19(17-46-33)39(43,44)45/h2-12,14-15,17,26-28,31-32,50H,13,16H2,1H3,(H,46,47)/t26-,27+,28-,31-,32+,38+/m0/s1. The first-order valence-electron chi connectivity index (χ1n) is 17.0. The third-order valence-corrected chi connectivity index (χ3v) is 12.0. The van der Waals surface area contributed by atoms with Crippen molar-refractivity contribution in [3.05, 3.63) is 122 Å². The molecule has 2 N–H and O–H groups in total. The second kappa shape index (κ2) is 13.3. The summed E-state index contributed by atoms with van der Waals surface area (Å²) in [7, 11) is 1.42. The molecule has 0 bridgehead atoms. The number of amides is 4. The normalized spacial score (nSPS) is 26.1. The number of carbonyl (C=O) groups is 4. The zero-order valence-electron chi connectivity index (χ0n) is 28.5. The highest BCUT2D eigenvalue weighted by Crippen LogP contribution is 2.65. The number of methoxy groups -OCH3 is 1. The molecule has 8 rings (SSSR count). The number of allylic oxidation sites excluding steroid dienone is 2. The highest BCUT2D eigenvalue weighted by molar-refractivity contribution is 6.33. The minimum atomic E-state index is -4.76. The number of phenols is 1. The summed E-state index contributed by atoms with van der Waals surface area (Å²) in [5, 5.41) is 12.6. The predicted molar refractivity (Wildman–Crippen MR) is 195 cm³/mol. The summed E-state index contributed by atoms with van der Waals surface area (Å²) < 4.78 is 45.8. The molecule has 2 saturated heterocycles. The van der Waals surface area contributed by atoms with Crippen molar-refractivity contribution in [2.45, 2.75) is 30.4 Å². The van der Waals surface area contributed by atoms with Crippen LogP contribution in [-0.2, 0) is 30.8 Å². The molecule has 2 aliphatic heterocycles. The topological polar surface area (TPSA) is 129 Å². The van der Waals surface area contributed by atoms with E-state index in [2.05, 4.69) is 10.4 Å². The number of nitrogens with one attached hydrogen (secondary N) is 1. The number of fused-ring (bicyclic) bond motifs is 4. The maximum atomic E-state index is 15.3. The van der Waals surface area contributed by atoms with E-state index < -0.39 is 81.2 Å². The number of ether oxygens (including phenoxy) is 1. The number of carbonyl (C=O) groups excluding carboxylic acids is 4. The van der Waals surface area contributed by atoms with Gasteiger partial charge in [-0.25, -0.2) is 4.98 Å². The molecule has 1 saturated carbocycles. The van der Waals surface area contributed by atoms with Crippen molar-refractivity contribution in [3.63, 3.8) is 0 Å². The van der Waals surface area contributed by atoms with E-state index >= 15 is 4.79 Å². The van der Waals surface area contributed by atoms with Crippen molar-refractivity contribution >= 4 is 69.9 Å². The summed E-state index contributed by atoms with van der Waals surface area (Å²) in [4.78, 5) is 63.4. The number of halogens is 6. The maximum absolute atomic E-state index is 15.3. The molecule has 10 nitrogen and oxygen atoms in total. The molecule has 4 aromatic rings. The van der Waals surface area contributed by atoms with E-state index in [4.69, 9.17) is 39.5 Å². The Balaban J connectivity index is 1.32. The monoisotopic (exact) mass is 810 g/mol. The molecule has 4 aliphatic rings. The van der Waals surface area contributed by atoms with E-state index in [1.807, 2.05) is 6.08 Å². The number of nitrogens with zero attached hydrogens (tertiary/aromatic N) is 3. The molecule has 2 aliphatic carbocycles. The van der Waals surface area contributed by atoms with E-state index in [9.17, 15) is 32.7 Å². The molecule has 3 heterocycles. The summed E-state index contributed by atoms with van der Waals surface area (Å²) >= 11 is 18.7. The Hall–Kier alpha value is -5.11. The van der Waals surface area contributed by atoms with Crippen LogP contribution in [0.2, 0.25) is 15.1 Å². The lowest BCUT2D eigenvalue weighted by atomic mass is 9.49. The number of phenolic OH excluding ortho intramolecular Hbond substituents is 1. The third-order valence-electron chi connectivity index (χ3n) is 11.2. The second-order valence-electron chi connectivity index (χ2n) is 13.8. The highest BCUT2D eigenvalue weighted by atomic mass is 35.5. The van der Waals surface area contributed by atoms with E-state index in [1.54, 1.807) is 60.7 Å². The van der Waals surface area contributed by atoms with Crippen LogP contribution in [0.4, 0.5) is 24.7 Å². The minimum absolute atomic E-state index is 0.0898. The van der Waals surface area contributed by atoms with Crippen LogP contribution in [0.3, 0.4) is 0 Å². The Morgan fingerprint density at radius 3 is 2.18 bits per heavy atom. The number of imide groups is 2. The second-order valence-corrected chi connectivity index (χ2v) is 15.1. The number of rotatable bonds is 6. The minimum Gasteiger partial charge on any atom is -0.508 e. The summed E-state index contributed by atoms with van der Waals surface area (Å²) in [5.74, 6) is -7.74. The Morgan fingerprint density at radius 1 is 0.891 bits per heavy atom. The van der Waals surface area contributed by atoms with Gasteiger partial charge >= 0.3 is 6.18 Å². The van der Waals surface area contributed by atoms with Gasteiger partial charge in [0.25, 0.3) is 11.8 Å². The van der Waals surface area contributed by atoms with E-state index in [0.717, 1.165) is 4.90 Å². The van der Waals surface area contributed by atoms with Crippen LogP contribution < -0.4 is 15.1 Å². The van der Waals surface area contributed by atoms with E-state index in [-0.39, 0.29) is 24.2 Å². The Morgan fingerprint density at radius 2 is 1.56 bits per heavy atom. The van der Waals surface area contributed by atoms with Gasteiger partial charge in [0.1, 0.15) is 11.5 Å². The van der Waals surface area contributed by atoms with Gasteiger partial charge in [-0.3, -0.25) is 29.5 Å². The summed E-state index contributed by atoms with van der Waals surface area (Å²) in [6, 6.07) is 17.7. The molecule has 1 aromatic heterocycles. The molecule has 0 unspecified atom stereocenters. The number of aromatic nitrogens is 1. The van der Waals surface area contributed by atoms with E-state index in [1.165, 1.54) is 13.2 Å². The fraction of sp³-hybridized carbons (Fsp3) is 0.256. The summed E-state index contributed by atoms with van der Waals surface area (Å²) in [6.07, 6.45) is -2.40. The lowest BCUT2D eigenvalue weighted by molar-refractivity contribution is -0.139. The largest absolute Gasteiger partial charge is 0.508 e. The number of hydrogen-bond donors (Lipinski definition) is 2. The Labute approximate surface area is 326 Å². The van der Waals surface area contributed by atoms with Crippen molar-refractivity contribution < 1.29 is 42.2 Å². The highest BCUT2D eigenvalue weighted by Gasteiger charge is 2.70. The first-order chi connectivity index (χ1) is 26.2. The third kappa shape index (κ3) is 5.65. The molecule has 6 atom stereocenters. The predicted octanol–water partition coefficient (Wildman–Crippen LogP) is 7.96. The fourth-order valence-electron chi connectivity index (χ4n) is 8.87. The van der Waals surface area contributed by atoms with Gasteiger partial charge in [-0.15, -0.1) is 0 Å². The number of pyridine rings is 1. The molecule has 282 valence electrons. The van der Waals surface area contributed by atoms with E-state index in [0.29, 0.717) is 49.9 Å². The molecular weight excluding hydrogens is 784 g/mol. The van der Waals surface area contributed by atoms with Crippen LogP contribution in [0.25, 0.3) is 0 Å². The lowest BCUT2D eigenvalue weighted by Gasteiger charge is -2.50. The molecule has 0 radical (unpaired) electrons. The molecule has 4 amide bonds. The van der Waals surface area contributed by atoms with Gasteiger partial charge < -0.3 is 9.84 Å². The van der Waals surface area contributed by atoms with Crippen LogP contribution in [0.5, 0.6) is 11.5 Å². The van der Waals surface area contributed by atoms with Gasteiger partial charge in [0.15, 0.2) is 5.82 Å². The first kappa shape index (κ1) is 36.8. The average molecular weight is 812 g/mol. The molecule has 3 fully saturated rings. The Kier molecular flexibility index (Phi) is 8.90. The number of anilines is 2. The number of hydrogen-bond acceptors (Lipinski definition) is 8. The van der Waals surface area contributed by atoms with Gasteiger partial charge in [-0.2, -0.15) is 18.2 Å². The zero-order chi connectivity index (χ0) is 39.1. The van der Waals surface area contributed by atoms with Crippen LogP contribution >= 0.6 is 34.8 Å². The summed E-state index contributed by atoms with van der Waals surface area (Å²) in [6.45, 7) is 0. The van der Waals surface area contributed by atoms with Crippen LogP contribution in [-0.4, -0.2) is 45.8 Å². The number of hydrazine groups is 1. The van der Waals surface area contributed by atoms with Crippen LogP contribution in [0.1, 0.15) is 35.4 Å². The van der Waals surface area contributed by atoms with Gasteiger partial charge in [0.2, 0.25) is 11.8 Å². The van der Waals surface area contributed by atoms with Crippen LogP contribution in [0.15, 0.2) is 90.6 Å². The van der Waals surface area contributed by atoms with Crippen molar-refractivity contribution in [2.75, 3.05) is 17.4 Å². The van der Waals surface area contributed by atoms with Gasteiger partial charge in [0.05, 0.1) is 46.6 Å². The summed E-state index contributed by atoms with van der Waals surface area (Å²) in [5.41, 5.74) is 1.08. The quantitative estimate of drug-likeness (QED) is 0.148. The van der Waals surface area contributed by atoms with Gasteiger partial charge in [0, 0.05) is 33.8 Å². The maximum Gasteiger partial charge on any atom is 0.417 e. The number of aromatic hydroxyl groups is 1.